The van der Waals surface area contributed by atoms with E-state index in [1.807, 2.05) is 68.4 Å². The zero-order chi connectivity index (χ0) is 21.0. The van der Waals surface area contributed by atoms with Gasteiger partial charge in [0, 0.05) is 0 Å². The van der Waals surface area contributed by atoms with Crippen LogP contribution in [0.15, 0.2) is 54.6 Å². The predicted molar refractivity (Wildman–Crippen MR) is 109 cm³/mol. The highest BCUT2D eigenvalue weighted by molar-refractivity contribution is 5.93. The summed E-state index contributed by atoms with van der Waals surface area (Å²) in [6.07, 6.45) is -0.707. The average molecular weight is 397 g/mol. The molecule has 0 aliphatic carbocycles. The van der Waals surface area contributed by atoms with E-state index in [0.29, 0.717) is 5.75 Å². The van der Waals surface area contributed by atoms with Gasteiger partial charge in [-0.15, -0.1) is 0 Å². The Kier molecular flexibility index (Phi) is 6.42. The molecule has 0 spiro atoms. The van der Waals surface area contributed by atoms with Gasteiger partial charge in [-0.05, 0) is 42.7 Å². The molecule has 1 aliphatic heterocycles. The van der Waals surface area contributed by atoms with Gasteiger partial charge in [-0.1, -0.05) is 44.2 Å². The number of hydrogen-bond acceptors (Lipinski definition) is 5. The van der Waals surface area contributed by atoms with E-state index < -0.39 is 24.2 Å². The molecule has 0 saturated carbocycles. The molecule has 0 bridgehead atoms. The minimum Gasteiger partial charge on any atom is -0.497 e. The predicted octanol–water partition coefficient (Wildman–Crippen LogP) is 3.61. The molecule has 29 heavy (non-hydrogen) atoms. The molecule has 6 heteroatoms. The fourth-order valence-corrected chi connectivity index (χ4v) is 3.62. The van der Waals surface area contributed by atoms with Crippen LogP contribution >= 0.6 is 0 Å². The van der Waals surface area contributed by atoms with Gasteiger partial charge in [0.2, 0.25) is 6.10 Å². The van der Waals surface area contributed by atoms with Crippen LogP contribution in [0.25, 0.3) is 0 Å². The lowest BCUT2D eigenvalue weighted by atomic mass is 9.85. The van der Waals surface area contributed by atoms with Gasteiger partial charge >= 0.3 is 5.97 Å². The number of benzene rings is 2. The van der Waals surface area contributed by atoms with E-state index in [9.17, 15) is 9.59 Å². The van der Waals surface area contributed by atoms with Gasteiger partial charge in [0.1, 0.15) is 23.6 Å². The van der Waals surface area contributed by atoms with Crippen LogP contribution in [0.1, 0.15) is 32.4 Å². The number of carbonyl (C=O) groups excluding carboxylic acids is 2. The van der Waals surface area contributed by atoms with E-state index in [2.05, 4.69) is 0 Å². The van der Waals surface area contributed by atoms with Crippen molar-refractivity contribution in [3.05, 3.63) is 60.2 Å². The molecular weight excluding hydrogens is 370 g/mol. The number of β-lactam (4-membered cyclic amide) rings is 1. The Balaban J connectivity index is 1.95. The second kappa shape index (κ2) is 8.99. The van der Waals surface area contributed by atoms with Crippen molar-refractivity contribution in [1.82, 2.24) is 4.90 Å². The third kappa shape index (κ3) is 4.21. The Morgan fingerprint density at radius 1 is 1.03 bits per heavy atom. The number of ether oxygens (including phenoxy) is 3. The van der Waals surface area contributed by atoms with E-state index in [4.69, 9.17) is 14.2 Å². The molecule has 1 aliphatic rings. The van der Waals surface area contributed by atoms with E-state index >= 15 is 0 Å². The third-order valence-electron chi connectivity index (χ3n) is 5.01. The zero-order valence-corrected chi connectivity index (χ0v) is 17.2. The summed E-state index contributed by atoms with van der Waals surface area (Å²) in [6.45, 7) is 5.84. The molecule has 1 fully saturated rings. The van der Waals surface area contributed by atoms with Crippen LogP contribution in [0.5, 0.6) is 11.5 Å². The number of hydrogen-bond donors (Lipinski definition) is 0. The van der Waals surface area contributed by atoms with Crippen LogP contribution in [-0.4, -0.2) is 42.6 Å². The van der Waals surface area contributed by atoms with E-state index in [1.165, 1.54) is 0 Å². The molecule has 2 aromatic carbocycles. The number of nitrogens with zero attached hydrogens (tertiary/aromatic N) is 1. The molecule has 1 heterocycles. The number of carbonyl (C=O) groups is 2. The first-order valence-electron chi connectivity index (χ1n) is 9.82. The molecule has 0 aromatic heterocycles. The van der Waals surface area contributed by atoms with Crippen molar-refractivity contribution in [3.63, 3.8) is 0 Å². The molecule has 6 nitrogen and oxygen atoms in total. The summed E-state index contributed by atoms with van der Waals surface area (Å²) in [5.41, 5.74) is 0.876. The standard InChI is InChI=1S/C23H27NO5/c1-5-28-23(26)19(15(2)3)24-20(16-11-13-17(27-4)14-12-16)21(22(24)25)29-18-9-7-6-8-10-18/h6-15,19-21H,5H2,1-4H3/t19-,20+,21-/m0/s1. The minimum absolute atomic E-state index is 0.101. The number of para-hydroxylation sites is 1. The number of rotatable bonds is 8. The maximum Gasteiger partial charge on any atom is 0.329 e. The summed E-state index contributed by atoms with van der Waals surface area (Å²) < 4.78 is 16.5. The Morgan fingerprint density at radius 2 is 1.69 bits per heavy atom. The largest absolute Gasteiger partial charge is 0.497 e. The van der Waals surface area contributed by atoms with Gasteiger partial charge in [-0.25, -0.2) is 4.79 Å². The summed E-state index contributed by atoms with van der Waals surface area (Å²) in [6, 6.07) is 15.6. The highest BCUT2D eigenvalue weighted by atomic mass is 16.5. The van der Waals surface area contributed by atoms with Crippen molar-refractivity contribution >= 4 is 11.9 Å². The van der Waals surface area contributed by atoms with E-state index in [1.54, 1.807) is 18.9 Å². The average Bonchev–Trinajstić information content (AvgIpc) is 2.73. The van der Waals surface area contributed by atoms with Crippen LogP contribution in [0.4, 0.5) is 0 Å². The Bertz CT molecular complexity index is 834. The van der Waals surface area contributed by atoms with Crippen LogP contribution in [0.2, 0.25) is 0 Å². The Morgan fingerprint density at radius 3 is 2.24 bits per heavy atom. The zero-order valence-electron chi connectivity index (χ0n) is 17.2. The molecule has 1 saturated heterocycles. The van der Waals surface area contributed by atoms with Crippen LogP contribution in [0, 0.1) is 5.92 Å². The highest BCUT2D eigenvalue weighted by Gasteiger charge is 2.55. The summed E-state index contributed by atoms with van der Waals surface area (Å²) in [5.74, 6) is 0.615. The normalized spacial score (nSPS) is 19.5. The molecule has 0 unspecified atom stereocenters. The second-order valence-electron chi connectivity index (χ2n) is 7.26. The molecule has 1 amide bonds. The van der Waals surface area contributed by atoms with Crippen molar-refractivity contribution in [1.29, 1.82) is 0 Å². The molecular formula is C23H27NO5. The summed E-state index contributed by atoms with van der Waals surface area (Å²) in [5, 5.41) is 0. The van der Waals surface area contributed by atoms with Gasteiger partial charge in [0.15, 0.2) is 0 Å². The summed E-state index contributed by atoms with van der Waals surface area (Å²) in [7, 11) is 1.60. The maximum atomic E-state index is 13.1. The quantitative estimate of drug-likeness (QED) is 0.503. The first kappa shape index (κ1) is 20.7. The highest BCUT2D eigenvalue weighted by Crippen LogP contribution is 2.41. The molecule has 0 N–H and O–H groups in total. The Hall–Kier alpha value is -3.02. The SMILES string of the molecule is CCOC(=O)[C@H](C(C)C)N1C(=O)[C@@H](Oc2ccccc2)[C@H]1c1ccc(OC)cc1. The Labute approximate surface area is 171 Å². The van der Waals surface area contributed by atoms with Crippen molar-refractivity contribution in [2.75, 3.05) is 13.7 Å². The van der Waals surface area contributed by atoms with Crippen molar-refractivity contribution < 1.29 is 23.8 Å². The topological polar surface area (TPSA) is 65.1 Å². The monoisotopic (exact) mass is 397 g/mol. The maximum absolute atomic E-state index is 13.1. The molecule has 3 rings (SSSR count). The second-order valence-corrected chi connectivity index (χ2v) is 7.26. The lowest BCUT2D eigenvalue weighted by molar-refractivity contribution is -0.181. The van der Waals surface area contributed by atoms with Crippen LogP contribution in [0.3, 0.4) is 0 Å². The minimum atomic E-state index is -0.707. The van der Waals surface area contributed by atoms with Gasteiger partial charge in [0.25, 0.3) is 5.91 Å². The van der Waals surface area contributed by atoms with Gasteiger partial charge < -0.3 is 19.1 Å². The first-order valence-corrected chi connectivity index (χ1v) is 9.82. The molecule has 2 aromatic rings. The van der Waals surface area contributed by atoms with E-state index in [0.717, 1.165) is 11.3 Å². The van der Waals surface area contributed by atoms with Gasteiger partial charge in [0.05, 0.1) is 13.7 Å². The van der Waals surface area contributed by atoms with Crippen molar-refractivity contribution in [2.24, 2.45) is 5.92 Å². The van der Waals surface area contributed by atoms with E-state index in [-0.39, 0.29) is 18.4 Å². The van der Waals surface area contributed by atoms with Crippen LogP contribution < -0.4 is 9.47 Å². The summed E-state index contributed by atoms with van der Waals surface area (Å²) >= 11 is 0. The van der Waals surface area contributed by atoms with Gasteiger partial charge in [-0.3, -0.25) is 4.79 Å². The molecule has 154 valence electrons. The first-order chi connectivity index (χ1) is 14.0. The van der Waals surface area contributed by atoms with Crippen molar-refractivity contribution in [3.8, 4) is 11.5 Å². The lowest BCUT2D eigenvalue weighted by Gasteiger charge is -2.50. The lowest BCUT2D eigenvalue weighted by Crippen LogP contribution is -2.67. The summed E-state index contributed by atoms with van der Waals surface area (Å²) in [4.78, 5) is 27.3. The number of likely N-dealkylation sites (tertiary alicyclic amines) is 1. The van der Waals surface area contributed by atoms with Gasteiger partial charge in [-0.2, -0.15) is 0 Å². The fraction of sp³-hybridized carbons (Fsp3) is 0.391. The van der Waals surface area contributed by atoms with Crippen LogP contribution in [-0.2, 0) is 14.3 Å². The number of methoxy groups -OCH3 is 1. The number of amides is 1. The fourth-order valence-electron chi connectivity index (χ4n) is 3.62. The third-order valence-corrected chi connectivity index (χ3v) is 5.01. The molecule has 0 radical (unpaired) electrons. The molecule has 3 atom stereocenters. The number of esters is 1. The van der Waals surface area contributed by atoms with Crippen molar-refractivity contribution in [2.45, 2.75) is 39.0 Å². The smallest absolute Gasteiger partial charge is 0.329 e.